The Morgan fingerprint density at radius 1 is 1.07 bits per heavy atom. The van der Waals surface area contributed by atoms with Crippen molar-refractivity contribution in [2.45, 2.75) is 0 Å². The highest BCUT2D eigenvalue weighted by Crippen LogP contribution is 2.32. The average Bonchev–Trinajstić information content (AvgIpc) is 2.18. The van der Waals surface area contributed by atoms with Crippen molar-refractivity contribution in [1.29, 1.82) is 0 Å². The van der Waals surface area contributed by atoms with Gasteiger partial charge < -0.3 is 10.6 Å². The van der Waals surface area contributed by atoms with Crippen LogP contribution in [0.25, 0.3) is 0 Å². The molecule has 8 heteroatoms. The molecule has 4 nitrogen and oxygen atoms in total. The number of nitrogens with zero attached hydrogens (tertiary/aromatic N) is 2. The van der Waals surface area contributed by atoms with Crippen molar-refractivity contribution >= 4 is 52.9 Å². The molecule has 0 aliphatic rings. The fraction of sp³-hybridized carbons (Fsp3) is 0.429. The molecule has 0 bridgehead atoms. The number of aromatic nitrogens is 2. The fourth-order valence-corrected chi connectivity index (χ4v) is 1.41. The Balaban J connectivity index is 0.00000196. The molecule has 0 aromatic carbocycles. The second-order valence-corrected chi connectivity index (χ2v) is 3.59. The summed E-state index contributed by atoms with van der Waals surface area (Å²) in [6, 6.07) is 0. The van der Waals surface area contributed by atoms with Gasteiger partial charge >= 0.3 is 0 Å². The average molecular weight is 292 g/mol. The third-order valence-corrected chi connectivity index (χ3v) is 2.50. The topological polar surface area (TPSA) is 49.8 Å². The van der Waals surface area contributed by atoms with Gasteiger partial charge in [-0.2, -0.15) is 0 Å². The Morgan fingerprint density at radius 2 is 1.67 bits per heavy atom. The zero-order valence-corrected chi connectivity index (χ0v) is 10.9. The van der Waals surface area contributed by atoms with Crippen molar-refractivity contribution < 1.29 is 0 Å². The maximum absolute atomic E-state index is 5.88. The van der Waals surface area contributed by atoms with Crippen molar-refractivity contribution in [3.05, 3.63) is 15.3 Å². The third-order valence-electron chi connectivity index (χ3n) is 1.51. The molecule has 86 valence electrons. The van der Waals surface area contributed by atoms with Crippen molar-refractivity contribution in [3.63, 3.8) is 0 Å². The van der Waals surface area contributed by atoms with Gasteiger partial charge in [-0.25, -0.2) is 0 Å². The molecule has 0 fully saturated rings. The quantitative estimate of drug-likeness (QED) is 0.837. The van der Waals surface area contributed by atoms with Gasteiger partial charge in [-0.3, -0.25) is 0 Å². The summed E-state index contributed by atoms with van der Waals surface area (Å²) in [7, 11) is 1.85. The Hall–Kier alpha value is -0.000000000000000111. The zero-order chi connectivity index (χ0) is 10.6. The van der Waals surface area contributed by atoms with Crippen LogP contribution in [-0.4, -0.2) is 30.3 Å². The van der Waals surface area contributed by atoms with E-state index in [1.165, 1.54) is 0 Å². The van der Waals surface area contributed by atoms with E-state index >= 15 is 0 Å². The van der Waals surface area contributed by atoms with Gasteiger partial charge in [0.15, 0.2) is 10.3 Å². The van der Waals surface area contributed by atoms with Gasteiger partial charge in [0.05, 0.1) is 5.69 Å². The molecule has 0 radical (unpaired) electrons. The van der Waals surface area contributed by atoms with Crippen LogP contribution in [-0.2, 0) is 0 Å². The molecule has 15 heavy (non-hydrogen) atoms. The van der Waals surface area contributed by atoms with Crippen LogP contribution >= 0.6 is 47.2 Å². The number of halogens is 4. The van der Waals surface area contributed by atoms with Crippen LogP contribution in [0.4, 0.5) is 5.69 Å². The summed E-state index contributed by atoms with van der Waals surface area (Å²) in [5.41, 5.74) is 0.517. The molecule has 0 aliphatic carbocycles. The summed E-state index contributed by atoms with van der Waals surface area (Å²) in [5.74, 6) is 0. The summed E-state index contributed by atoms with van der Waals surface area (Å²) < 4.78 is 0. The van der Waals surface area contributed by atoms with Gasteiger partial charge in [-0.05, 0) is 7.05 Å². The number of likely N-dealkylation sites (N-methyl/N-ethyl adjacent to an activating group) is 1. The first kappa shape index (κ1) is 15.0. The number of anilines is 1. The zero-order valence-electron chi connectivity index (χ0n) is 7.85. The molecule has 2 N–H and O–H groups in total. The largest absolute Gasteiger partial charge is 0.380 e. The maximum atomic E-state index is 5.88. The predicted octanol–water partition coefficient (Wildman–Crippen LogP) is 2.49. The summed E-state index contributed by atoms with van der Waals surface area (Å²) in [5, 5.41) is 13.8. The molecule has 0 spiro atoms. The first-order chi connectivity index (χ1) is 6.66. The van der Waals surface area contributed by atoms with Gasteiger partial charge in [0, 0.05) is 13.1 Å². The first-order valence-electron chi connectivity index (χ1n) is 3.92. The number of nitrogens with one attached hydrogen (secondary N) is 2. The fourth-order valence-electron chi connectivity index (χ4n) is 0.838. The lowest BCUT2D eigenvalue weighted by molar-refractivity contribution is 0.822. The van der Waals surface area contributed by atoms with Crippen LogP contribution in [0, 0.1) is 0 Å². The molecule has 0 aliphatic heterocycles. The van der Waals surface area contributed by atoms with Crippen LogP contribution < -0.4 is 10.6 Å². The highest BCUT2D eigenvalue weighted by atomic mass is 35.5. The Morgan fingerprint density at radius 3 is 2.27 bits per heavy atom. The summed E-state index contributed by atoms with van der Waals surface area (Å²) in [6.07, 6.45) is 0. The van der Waals surface area contributed by atoms with E-state index in [9.17, 15) is 0 Å². The van der Waals surface area contributed by atoms with E-state index in [0.717, 1.165) is 6.54 Å². The summed E-state index contributed by atoms with van der Waals surface area (Å²) in [4.78, 5) is 0. The molecule has 0 unspecified atom stereocenters. The molecule has 0 saturated carbocycles. The van der Waals surface area contributed by atoms with Crippen LogP contribution in [0.15, 0.2) is 0 Å². The van der Waals surface area contributed by atoms with Gasteiger partial charge in [0.2, 0.25) is 0 Å². The molecule has 0 amide bonds. The maximum Gasteiger partial charge on any atom is 0.176 e. The van der Waals surface area contributed by atoms with Gasteiger partial charge in [0.25, 0.3) is 0 Å². The lowest BCUT2D eigenvalue weighted by atomic mass is 10.4. The Kier molecular flexibility index (Phi) is 7.30. The standard InChI is InChI=1S/C7H9Cl3N4.ClH/c1-11-2-3-12-5-4(8)6(9)13-14-7(5)10;/h11H,2-3H2,1H3,(H,12,13);1H. The first-order valence-corrected chi connectivity index (χ1v) is 5.06. The summed E-state index contributed by atoms with van der Waals surface area (Å²) >= 11 is 17.3. The lowest BCUT2D eigenvalue weighted by Crippen LogP contribution is -2.18. The third kappa shape index (κ3) is 4.17. The van der Waals surface area contributed by atoms with E-state index in [1.807, 2.05) is 7.05 Å². The minimum absolute atomic E-state index is 0. The van der Waals surface area contributed by atoms with Crippen LogP contribution in [0.1, 0.15) is 0 Å². The second-order valence-electron chi connectivity index (χ2n) is 2.50. The smallest absolute Gasteiger partial charge is 0.176 e. The molecule has 0 atom stereocenters. The monoisotopic (exact) mass is 290 g/mol. The van der Waals surface area contributed by atoms with Gasteiger partial charge in [-0.1, -0.05) is 34.8 Å². The minimum Gasteiger partial charge on any atom is -0.380 e. The second kappa shape index (κ2) is 7.30. The van der Waals surface area contributed by atoms with Crippen molar-refractivity contribution in [3.8, 4) is 0 Å². The van der Waals surface area contributed by atoms with E-state index in [2.05, 4.69) is 20.8 Å². The SMILES string of the molecule is CNCCNc1c(Cl)nnc(Cl)c1Cl.Cl. The van der Waals surface area contributed by atoms with Crippen LogP contribution in [0.2, 0.25) is 15.3 Å². The molecule has 1 aromatic rings. The highest BCUT2D eigenvalue weighted by Gasteiger charge is 2.11. The number of hydrogen-bond donors (Lipinski definition) is 2. The summed E-state index contributed by atoms with van der Waals surface area (Å²) in [6.45, 7) is 1.46. The van der Waals surface area contributed by atoms with E-state index in [0.29, 0.717) is 17.3 Å². The van der Waals surface area contributed by atoms with Crippen LogP contribution in [0.3, 0.4) is 0 Å². The van der Waals surface area contributed by atoms with E-state index in [1.54, 1.807) is 0 Å². The molecule has 1 aromatic heterocycles. The van der Waals surface area contributed by atoms with Gasteiger partial charge in [0.1, 0.15) is 5.02 Å². The molecule has 1 heterocycles. The van der Waals surface area contributed by atoms with E-state index < -0.39 is 0 Å². The van der Waals surface area contributed by atoms with Crippen molar-refractivity contribution in [2.75, 3.05) is 25.5 Å². The van der Waals surface area contributed by atoms with E-state index in [4.69, 9.17) is 34.8 Å². The molecular weight excluding hydrogens is 282 g/mol. The minimum atomic E-state index is 0. The highest BCUT2D eigenvalue weighted by molar-refractivity contribution is 6.44. The Labute approximate surface area is 109 Å². The van der Waals surface area contributed by atoms with Crippen LogP contribution in [0.5, 0.6) is 0 Å². The Bertz CT molecular complexity index is 320. The normalized spacial score (nSPS) is 9.60. The molecular formula is C7H10Cl4N4. The van der Waals surface area contributed by atoms with E-state index in [-0.39, 0.29) is 22.7 Å². The predicted molar refractivity (Wildman–Crippen MR) is 66.7 cm³/mol. The lowest BCUT2D eigenvalue weighted by Gasteiger charge is -2.09. The van der Waals surface area contributed by atoms with Crippen molar-refractivity contribution in [2.24, 2.45) is 0 Å². The molecule has 1 rings (SSSR count). The number of hydrogen-bond acceptors (Lipinski definition) is 4. The number of rotatable bonds is 4. The molecule has 0 saturated heterocycles. The van der Waals surface area contributed by atoms with Crippen molar-refractivity contribution in [1.82, 2.24) is 15.5 Å². The van der Waals surface area contributed by atoms with Gasteiger partial charge in [-0.15, -0.1) is 22.6 Å².